The fourth-order valence-electron chi connectivity index (χ4n) is 5.36. The largest absolute Gasteiger partial charge is 0.433 e. The maximum absolute atomic E-state index is 13.7. The molecule has 2 saturated carbocycles. The highest BCUT2D eigenvalue weighted by Crippen LogP contribution is 2.58. The number of aromatic amines is 1. The Morgan fingerprint density at radius 1 is 1.14 bits per heavy atom. The second-order valence-electron chi connectivity index (χ2n) is 8.91. The number of pyridine rings is 3. The van der Waals surface area contributed by atoms with E-state index in [2.05, 4.69) is 15.0 Å². The molecular formula is C24H23F5N4O2. The minimum Gasteiger partial charge on any atom is -0.364 e. The molecule has 0 saturated heterocycles. The summed E-state index contributed by atoms with van der Waals surface area (Å²) in [4.78, 5) is 32.6. The monoisotopic (exact) mass is 494 g/mol. The summed E-state index contributed by atoms with van der Waals surface area (Å²) in [5.41, 5.74) is 5.48. The fourth-order valence-corrected chi connectivity index (χ4v) is 5.36. The molecule has 186 valence electrons. The van der Waals surface area contributed by atoms with Gasteiger partial charge in [0.2, 0.25) is 0 Å². The molecule has 11 heteroatoms. The Bertz CT molecular complexity index is 1320. The van der Waals surface area contributed by atoms with Crippen LogP contribution in [0.15, 0.2) is 41.5 Å². The van der Waals surface area contributed by atoms with Crippen molar-refractivity contribution >= 4 is 16.8 Å². The van der Waals surface area contributed by atoms with E-state index in [9.17, 15) is 31.5 Å². The molecule has 35 heavy (non-hydrogen) atoms. The molecule has 3 aromatic rings. The van der Waals surface area contributed by atoms with E-state index in [0.29, 0.717) is 36.0 Å². The summed E-state index contributed by atoms with van der Waals surface area (Å²) in [5, 5.41) is 0.238. The van der Waals surface area contributed by atoms with E-state index in [4.69, 9.17) is 5.73 Å². The van der Waals surface area contributed by atoms with E-state index in [1.807, 2.05) is 0 Å². The fraction of sp³-hybridized carbons (Fsp3) is 0.417. The van der Waals surface area contributed by atoms with Gasteiger partial charge in [-0.3, -0.25) is 14.6 Å². The SMILES string of the molecule is Cc1nc(C(F)(F)F)ccc1C1CC[C@H]2[C@@H]1CCC2(F)F.NC(=O)c1nccc2[nH]ccc(=O)c12. The molecule has 3 aromatic heterocycles. The topological polar surface area (TPSA) is 102 Å². The van der Waals surface area contributed by atoms with Crippen molar-refractivity contribution < 1.29 is 26.7 Å². The Morgan fingerprint density at radius 3 is 2.54 bits per heavy atom. The number of rotatable bonds is 2. The number of carbonyl (C=O) groups is 1. The van der Waals surface area contributed by atoms with E-state index in [1.165, 1.54) is 31.5 Å². The van der Waals surface area contributed by atoms with Crippen LogP contribution in [0.5, 0.6) is 0 Å². The van der Waals surface area contributed by atoms with Gasteiger partial charge in [-0.15, -0.1) is 0 Å². The number of nitrogens with zero attached hydrogens (tertiary/aromatic N) is 2. The number of aryl methyl sites for hydroxylation is 1. The highest BCUT2D eigenvalue weighted by atomic mass is 19.4. The number of hydrogen-bond donors (Lipinski definition) is 2. The van der Waals surface area contributed by atoms with Gasteiger partial charge in [-0.2, -0.15) is 13.2 Å². The number of nitrogens with two attached hydrogens (primary N) is 1. The van der Waals surface area contributed by atoms with Gasteiger partial charge < -0.3 is 10.7 Å². The number of nitrogens with one attached hydrogen (secondary N) is 1. The molecule has 2 aliphatic carbocycles. The van der Waals surface area contributed by atoms with Crippen molar-refractivity contribution in [3.05, 3.63) is 69.5 Å². The molecule has 0 aromatic carbocycles. The number of halogens is 5. The number of alkyl halides is 5. The molecule has 5 rings (SSSR count). The highest BCUT2D eigenvalue weighted by molar-refractivity contribution is 6.03. The number of carbonyl (C=O) groups excluding carboxylic acids is 1. The van der Waals surface area contributed by atoms with E-state index in [-0.39, 0.29) is 34.8 Å². The van der Waals surface area contributed by atoms with Gasteiger partial charge in [0.15, 0.2) is 5.43 Å². The van der Waals surface area contributed by atoms with E-state index in [0.717, 1.165) is 6.07 Å². The summed E-state index contributed by atoms with van der Waals surface area (Å²) in [6, 6.07) is 5.33. The van der Waals surface area contributed by atoms with Crippen LogP contribution in [-0.4, -0.2) is 26.8 Å². The summed E-state index contributed by atoms with van der Waals surface area (Å²) in [7, 11) is 0. The van der Waals surface area contributed by atoms with Crippen molar-refractivity contribution in [1.82, 2.24) is 15.0 Å². The average Bonchev–Trinajstić information content (AvgIpc) is 3.34. The van der Waals surface area contributed by atoms with Crippen molar-refractivity contribution in [2.45, 2.75) is 50.6 Å². The van der Waals surface area contributed by atoms with E-state index < -0.39 is 29.6 Å². The molecule has 3 atom stereocenters. The van der Waals surface area contributed by atoms with Crippen molar-refractivity contribution in [2.24, 2.45) is 17.6 Å². The first-order valence-corrected chi connectivity index (χ1v) is 11.1. The first kappa shape index (κ1) is 24.7. The number of H-pyrrole nitrogens is 1. The van der Waals surface area contributed by atoms with Crippen LogP contribution < -0.4 is 11.2 Å². The van der Waals surface area contributed by atoms with Gasteiger partial charge in [-0.1, -0.05) is 6.07 Å². The summed E-state index contributed by atoms with van der Waals surface area (Å²) < 4.78 is 65.4. The maximum atomic E-state index is 13.7. The van der Waals surface area contributed by atoms with Gasteiger partial charge >= 0.3 is 6.18 Å². The minimum atomic E-state index is -4.47. The predicted octanol–water partition coefficient (Wildman–Crippen LogP) is 4.97. The maximum Gasteiger partial charge on any atom is 0.433 e. The second-order valence-corrected chi connectivity index (χ2v) is 8.91. The summed E-state index contributed by atoms with van der Waals surface area (Å²) in [5.74, 6) is -4.15. The van der Waals surface area contributed by atoms with Crippen LogP contribution >= 0.6 is 0 Å². The van der Waals surface area contributed by atoms with Crippen molar-refractivity contribution in [2.75, 3.05) is 0 Å². The average molecular weight is 494 g/mol. The normalized spacial score (nSPS) is 23.0. The highest BCUT2D eigenvalue weighted by Gasteiger charge is 2.55. The number of primary amides is 1. The Labute approximate surface area is 196 Å². The first-order chi connectivity index (χ1) is 16.4. The lowest BCUT2D eigenvalue weighted by atomic mass is 9.85. The molecule has 6 nitrogen and oxygen atoms in total. The van der Waals surface area contributed by atoms with E-state index >= 15 is 0 Å². The number of fused-ring (bicyclic) bond motifs is 2. The first-order valence-electron chi connectivity index (χ1n) is 11.1. The van der Waals surface area contributed by atoms with Crippen molar-refractivity contribution in [1.29, 1.82) is 0 Å². The zero-order chi connectivity index (χ0) is 25.5. The summed E-state index contributed by atoms with van der Waals surface area (Å²) >= 11 is 0. The van der Waals surface area contributed by atoms with Gasteiger partial charge in [0.05, 0.1) is 10.9 Å². The Hall–Kier alpha value is -3.37. The molecule has 1 amide bonds. The number of aromatic nitrogens is 3. The van der Waals surface area contributed by atoms with Crippen LogP contribution in [0.25, 0.3) is 10.9 Å². The minimum absolute atomic E-state index is 0.00403. The van der Waals surface area contributed by atoms with Crippen LogP contribution in [0.2, 0.25) is 0 Å². The molecule has 1 unspecified atom stereocenters. The zero-order valence-corrected chi connectivity index (χ0v) is 18.7. The lowest BCUT2D eigenvalue weighted by Crippen LogP contribution is -2.23. The third-order valence-corrected chi connectivity index (χ3v) is 6.90. The van der Waals surface area contributed by atoms with Gasteiger partial charge in [-0.25, -0.2) is 13.8 Å². The standard InChI is InChI=1S/C15H16F5N.C9H7N3O2/c1-8-9(3-5-13(21-8)15(18,19)20)10-2-4-12-11(10)6-7-14(12,16)17;10-9(14)8-7-5(1-3-12-8)11-4-2-6(7)13/h3,5,10-12H,2,4,6-7H2,1H3;1-4H,(H2,10,14)(H,11,13)/t10?,11-,12+;/m1./s1. The summed E-state index contributed by atoms with van der Waals surface area (Å²) in [6.07, 6.45) is -0.133. The van der Waals surface area contributed by atoms with Crippen molar-refractivity contribution in [3.8, 4) is 0 Å². The van der Waals surface area contributed by atoms with Gasteiger partial charge in [-0.05, 0) is 55.7 Å². The third-order valence-electron chi connectivity index (χ3n) is 6.90. The second kappa shape index (κ2) is 9.01. The molecular weight excluding hydrogens is 471 g/mol. The van der Waals surface area contributed by atoms with E-state index in [1.54, 1.807) is 6.07 Å². The summed E-state index contributed by atoms with van der Waals surface area (Å²) in [6.45, 7) is 1.53. The zero-order valence-electron chi connectivity index (χ0n) is 18.7. The molecule has 0 spiro atoms. The lowest BCUT2D eigenvalue weighted by Gasteiger charge is -2.22. The van der Waals surface area contributed by atoms with Crippen LogP contribution in [-0.2, 0) is 6.18 Å². The molecule has 0 bridgehead atoms. The Morgan fingerprint density at radius 2 is 1.89 bits per heavy atom. The molecule has 2 fully saturated rings. The molecule has 2 aliphatic rings. The molecule has 0 aliphatic heterocycles. The number of amides is 1. The van der Waals surface area contributed by atoms with Gasteiger partial charge in [0.1, 0.15) is 11.4 Å². The van der Waals surface area contributed by atoms with Crippen LogP contribution in [0.1, 0.15) is 59.0 Å². The molecule has 0 radical (unpaired) electrons. The smallest absolute Gasteiger partial charge is 0.364 e. The van der Waals surface area contributed by atoms with Crippen molar-refractivity contribution in [3.63, 3.8) is 0 Å². The predicted molar refractivity (Wildman–Crippen MR) is 118 cm³/mol. The molecule has 3 heterocycles. The van der Waals surface area contributed by atoms with Gasteiger partial charge in [0, 0.05) is 36.5 Å². The van der Waals surface area contributed by atoms with Crippen LogP contribution in [0.4, 0.5) is 22.0 Å². The van der Waals surface area contributed by atoms with Crippen LogP contribution in [0, 0.1) is 18.8 Å². The number of hydrogen-bond acceptors (Lipinski definition) is 4. The Kier molecular flexibility index (Phi) is 6.37. The van der Waals surface area contributed by atoms with Gasteiger partial charge in [0.25, 0.3) is 11.8 Å². The molecule has 3 N–H and O–H groups in total. The third kappa shape index (κ3) is 4.76. The Balaban J connectivity index is 0.000000179. The quantitative estimate of drug-likeness (QED) is 0.491. The lowest BCUT2D eigenvalue weighted by molar-refractivity contribution is -0.141. The van der Waals surface area contributed by atoms with Crippen LogP contribution in [0.3, 0.4) is 0 Å².